The van der Waals surface area contributed by atoms with Gasteiger partial charge in [0, 0.05) is 32.3 Å². The maximum absolute atomic E-state index is 12.6. The molecule has 1 rings (SSSR count). The lowest BCUT2D eigenvalue weighted by Crippen LogP contribution is -2.31. The summed E-state index contributed by atoms with van der Waals surface area (Å²) in [5.41, 5.74) is 1.07. The van der Waals surface area contributed by atoms with Crippen molar-refractivity contribution in [1.82, 2.24) is 9.62 Å². The van der Waals surface area contributed by atoms with Crippen molar-refractivity contribution < 1.29 is 22.7 Å². The minimum Gasteiger partial charge on any atom is -0.382 e. The minimum absolute atomic E-state index is 0.128. The highest BCUT2D eigenvalue weighted by Crippen LogP contribution is 2.19. The van der Waals surface area contributed by atoms with Gasteiger partial charge in [0.25, 0.3) is 5.91 Å². The Balaban J connectivity index is 2.82. The Morgan fingerprint density at radius 1 is 1.16 bits per heavy atom. The van der Waals surface area contributed by atoms with Gasteiger partial charge in [-0.2, -0.15) is 4.31 Å². The lowest BCUT2D eigenvalue weighted by Gasteiger charge is -2.19. The number of amides is 1. The number of hydrogen-bond donors (Lipinski definition) is 1. The van der Waals surface area contributed by atoms with Gasteiger partial charge in [0.2, 0.25) is 10.0 Å². The number of nitrogens with one attached hydrogen (secondary N) is 1. The van der Waals surface area contributed by atoms with Crippen LogP contribution in [0.2, 0.25) is 0 Å². The van der Waals surface area contributed by atoms with Crippen LogP contribution in [0.1, 0.15) is 29.8 Å². The van der Waals surface area contributed by atoms with E-state index in [1.165, 1.54) is 16.4 Å². The van der Waals surface area contributed by atoms with Crippen LogP contribution in [0.5, 0.6) is 0 Å². The second kappa shape index (κ2) is 10.5. The predicted molar refractivity (Wildman–Crippen MR) is 96.3 cm³/mol. The molecule has 8 heteroatoms. The topological polar surface area (TPSA) is 84.9 Å². The molecule has 142 valence electrons. The van der Waals surface area contributed by atoms with Gasteiger partial charge in [-0.1, -0.05) is 19.9 Å². The molecule has 1 aromatic carbocycles. The largest absolute Gasteiger partial charge is 0.382 e. The van der Waals surface area contributed by atoms with Crippen LogP contribution in [0.3, 0.4) is 0 Å². The number of sulfonamides is 1. The first kappa shape index (κ1) is 21.6. The highest BCUT2D eigenvalue weighted by molar-refractivity contribution is 7.89. The summed E-state index contributed by atoms with van der Waals surface area (Å²) < 4.78 is 36.7. The molecule has 0 heterocycles. The van der Waals surface area contributed by atoms with Gasteiger partial charge in [-0.05, 0) is 24.6 Å². The van der Waals surface area contributed by atoms with Crippen LogP contribution in [-0.4, -0.2) is 65.2 Å². The molecule has 0 atom stereocenters. The van der Waals surface area contributed by atoms with Crippen LogP contribution in [0, 0.1) is 6.92 Å². The van der Waals surface area contributed by atoms with Crippen molar-refractivity contribution in [1.29, 1.82) is 0 Å². The lowest BCUT2D eigenvalue weighted by molar-refractivity contribution is 0.0692. The number of hydrogen-bond acceptors (Lipinski definition) is 5. The third-order valence-electron chi connectivity index (χ3n) is 3.76. The Kier molecular flexibility index (Phi) is 9.05. The van der Waals surface area contributed by atoms with Crippen LogP contribution < -0.4 is 5.32 Å². The van der Waals surface area contributed by atoms with Crippen LogP contribution >= 0.6 is 0 Å². The van der Waals surface area contributed by atoms with E-state index in [4.69, 9.17) is 9.47 Å². The van der Waals surface area contributed by atoms with E-state index < -0.39 is 10.0 Å². The van der Waals surface area contributed by atoms with E-state index in [1.807, 2.05) is 0 Å². The fraction of sp³-hybridized carbons (Fsp3) is 0.588. The maximum atomic E-state index is 12.6. The molecule has 7 nitrogen and oxygen atoms in total. The molecule has 0 aromatic heterocycles. The zero-order valence-electron chi connectivity index (χ0n) is 15.4. The number of nitrogens with zero attached hydrogens (tertiary/aromatic N) is 1. The lowest BCUT2D eigenvalue weighted by atomic mass is 10.1. The Bertz CT molecular complexity index is 657. The molecule has 0 bridgehead atoms. The molecule has 25 heavy (non-hydrogen) atoms. The summed E-state index contributed by atoms with van der Waals surface area (Å²) in [6.07, 6.45) is 0. The van der Waals surface area contributed by atoms with Crippen molar-refractivity contribution >= 4 is 15.9 Å². The molecule has 0 unspecified atom stereocenters. The molecule has 0 saturated carbocycles. The standard InChI is InChI=1S/C17H28N2O5S/c1-5-19(6-2)25(21,22)15-8-7-14(3)16(13-15)17(20)18-9-10-24-12-11-23-4/h7-8,13H,5-6,9-12H2,1-4H3,(H,18,20). The van der Waals surface area contributed by atoms with E-state index in [0.717, 1.165) is 5.56 Å². The molecule has 1 amide bonds. The van der Waals surface area contributed by atoms with Gasteiger partial charge in [-0.15, -0.1) is 0 Å². The first-order chi connectivity index (χ1) is 11.9. The van der Waals surface area contributed by atoms with Crippen LogP contribution in [0.15, 0.2) is 23.1 Å². The van der Waals surface area contributed by atoms with Crippen LogP contribution in [0.25, 0.3) is 0 Å². The second-order valence-electron chi connectivity index (χ2n) is 5.43. The van der Waals surface area contributed by atoms with E-state index in [9.17, 15) is 13.2 Å². The van der Waals surface area contributed by atoms with Crippen molar-refractivity contribution in [2.24, 2.45) is 0 Å². The quantitative estimate of drug-likeness (QED) is 0.594. The molecule has 1 aromatic rings. The van der Waals surface area contributed by atoms with Crippen molar-refractivity contribution in [3.63, 3.8) is 0 Å². The highest BCUT2D eigenvalue weighted by Gasteiger charge is 2.23. The number of ether oxygens (including phenoxy) is 2. The normalized spacial score (nSPS) is 11.7. The van der Waals surface area contributed by atoms with E-state index in [-0.39, 0.29) is 10.8 Å². The fourth-order valence-corrected chi connectivity index (χ4v) is 3.78. The average molecular weight is 372 g/mol. The van der Waals surface area contributed by atoms with E-state index >= 15 is 0 Å². The molecule has 0 aliphatic heterocycles. The molecule has 1 N–H and O–H groups in total. The Morgan fingerprint density at radius 3 is 2.44 bits per heavy atom. The van der Waals surface area contributed by atoms with Crippen molar-refractivity contribution in [2.75, 3.05) is 46.6 Å². The molecule has 0 fully saturated rings. The molecule has 0 spiro atoms. The summed E-state index contributed by atoms with van der Waals surface area (Å²) in [6.45, 7) is 7.78. The first-order valence-electron chi connectivity index (χ1n) is 8.34. The summed E-state index contributed by atoms with van der Waals surface area (Å²) in [7, 11) is -2.00. The Hall–Kier alpha value is -1.48. The summed E-state index contributed by atoms with van der Waals surface area (Å²) in [4.78, 5) is 12.5. The fourth-order valence-electron chi connectivity index (χ4n) is 2.30. The first-order valence-corrected chi connectivity index (χ1v) is 9.78. The van der Waals surface area contributed by atoms with E-state index in [2.05, 4.69) is 5.32 Å². The molecule has 0 radical (unpaired) electrons. The Labute approximate surface area is 150 Å². The predicted octanol–water partition coefficient (Wildman–Crippen LogP) is 1.42. The summed E-state index contributed by atoms with van der Waals surface area (Å²) >= 11 is 0. The third kappa shape index (κ3) is 6.07. The molecule has 0 aliphatic carbocycles. The number of rotatable bonds is 11. The van der Waals surface area contributed by atoms with Crippen LogP contribution in [-0.2, 0) is 19.5 Å². The van der Waals surface area contributed by atoms with Crippen molar-refractivity contribution in [3.05, 3.63) is 29.3 Å². The Morgan fingerprint density at radius 2 is 1.84 bits per heavy atom. The van der Waals surface area contributed by atoms with Gasteiger partial charge in [0.05, 0.1) is 24.7 Å². The highest BCUT2D eigenvalue weighted by atomic mass is 32.2. The molecular formula is C17H28N2O5S. The SMILES string of the molecule is CCN(CC)S(=O)(=O)c1ccc(C)c(C(=O)NCCOCCOC)c1. The number of carbonyl (C=O) groups is 1. The van der Waals surface area contributed by atoms with Crippen molar-refractivity contribution in [2.45, 2.75) is 25.7 Å². The van der Waals surface area contributed by atoms with Gasteiger partial charge in [-0.3, -0.25) is 4.79 Å². The van der Waals surface area contributed by atoms with Gasteiger partial charge in [-0.25, -0.2) is 8.42 Å². The van der Waals surface area contributed by atoms with Gasteiger partial charge >= 0.3 is 0 Å². The van der Waals surface area contributed by atoms with Crippen molar-refractivity contribution in [3.8, 4) is 0 Å². The zero-order valence-corrected chi connectivity index (χ0v) is 16.2. The monoisotopic (exact) mass is 372 g/mol. The zero-order chi connectivity index (χ0) is 18.9. The third-order valence-corrected chi connectivity index (χ3v) is 5.81. The molecule has 0 aliphatic rings. The van der Waals surface area contributed by atoms with Gasteiger partial charge in [0.1, 0.15) is 0 Å². The number of carbonyl (C=O) groups excluding carboxylic acids is 1. The van der Waals surface area contributed by atoms with E-state index in [1.54, 1.807) is 33.9 Å². The molecular weight excluding hydrogens is 344 g/mol. The second-order valence-corrected chi connectivity index (χ2v) is 7.37. The summed E-state index contributed by atoms with van der Waals surface area (Å²) in [5.74, 6) is -0.315. The van der Waals surface area contributed by atoms with E-state index in [0.29, 0.717) is 45.0 Å². The smallest absolute Gasteiger partial charge is 0.251 e. The number of aryl methyl sites for hydroxylation is 1. The minimum atomic E-state index is -3.59. The number of methoxy groups -OCH3 is 1. The van der Waals surface area contributed by atoms with Gasteiger partial charge in [0.15, 0.2) is 0 Å². The molecule has 0 saturated heterocycles. The number of benzene rings is 1. The van der Waals surface area contributed by atoms with Crippen LogP contribution in [0.4, 0.5) is 0 Å². The average Bonchev–Trinajstić information content (AvgIpc) is 2.58. The maximum Gasteiger partial charge on any atom is 0.251 e. The summed E-state index contributed by atoms with van der Waals surface area (Å²) in [6, 6.07) is 4.62. The van der Waals surface area contributed by atoms with Gasteiger partial charge < -0.3 is 14.8 Å². The summed E-state index contributed by atoms with van der Waals surface area (Å²) in [5, 5.41) is 2.74.